The van der Waals surface area contributed by atoms with E-state index < -0.39 is 11.9 Å². The van der Waals surface area contributed by atoms with Crippen LogP contribution in [-0.4, -0.2) is 16.9 Å². The van der Waals surface area contributed by atoms with Crippen molar-refractivity contribution in [2.75, 3.05) is 0 Å². The molecule has 0 bridgehead atoms. The van der Waals surface area contributed by atoms with Gasteiger partial charge in [0.2, 0.25) is 0 Å². The van der Waals surface area contributed by atoms with Gasteiger partial charge in [-0.05, 0) is 35.4 Å². The Morgan fingerprint density at radius 3 is 2.30 bits per heavy atom. The third-order valence-electron chi connectivity index (χ3n) is 3.77. The third kappa shape index (κ3) is 5.22. The molecule has 6 heteroatoms. The molecule has 3 rings (SSSR count). The second-order valence-corrected chi connectivity index (χ2v) is 5.78. The van der Waals surface area contributed by atoms with Crippen molar-refractivity contribution in [3.05, 3.63) is 101 Å². The number of hydrogen-bond acceptors (Lipinski definition) is 4. The fourth-order valence-corrected chi connectivity index (χ4v) is 2.35. The van der Waals surface area contributed by atoms with Crippen LogP contribution in [0.1, 0.15) is 32.1 Å². The van der Waals surface area contributed by atoms with Crippen molar-refractivity contribution in [2.24, 2.45) is 0 Å². The number of hydrogen-bond donors (Lipinski definition) is 1. The van der Waals surface area contributed by atoms with Gasteiger partial charge in [0.25, 0.3) is 5.91 Å². The van der Waals surface area contributed by atoms with Gasteiger partial charge in [-0.3, -0.25) is 4.79 Å². The molecule has 1 N–H and O–H groups in total. The highest BCUT2D eigenvalue weighted by Crippen LogP contribution is 2.07. The number of amides is 1. The highest BCUT2D eigenvalue weighted by atomic mass is 19.1. The maximum Gasteiger partial charge on any atom is 0.357 e. The standard InChI is InChI=1S/C21H17FN2O3/c22-17-11-9-15(10-12-17)13-23-20(25)18-7-4-8-19(24-18)21(26)27-14-16-5-2-1-3-6-16/h1-12H,13-14H2,(H,23,25). The minimum Gasteiger partial charge on any atom is -0.456 e. The fourth-order valence-electron chi connectivity index (χ4n) is 2.35. The Bertz CT molecular complexity index is 928. The van der Waals surface area contributed by atoms with Crippen LogP contribution in [0.4, 0.5) is 4.39 Å². The largest absolute Gasteiger partial charge is 0.456 e. The lowest BCUT2D eigenvalue weighted by atomic mass is 10.2. The number of nitrogens with one attached hydrogen (secondary N) is 1. The van der Waals surface area contributed by atoms with Crippen molar-refractivity contribution >= 4 is 11.9 Å². The molecular formula is C21H17FN2O3. The van der Waals surface area contributed by atoms with E-state index in [0.29, 0.717) is 0 Å². The van der Waals surface area contributed by atoms with E-state index >= 15 is 0 Å². The first-order valence-corrected chi connectivity index (χ1v) is 8.32. The molecule has 0 aliphatic rings. The summed E-state index contributed by atoms with van der Waals surface area (Å²) in [5.41, 5.74) is 1.77. The minimum absolute atomic E-state index is 0.0559. The summed E-state index contributed by atoms with van der Waals surface area (Å²) in [6, 6.07) is 19.7. The second-order valence-electron chi connectivity index (χ2n) is 5.78. The number of carbonyl (C=O) groups is 2. The number of benzene rings is 2. The van der Waals surface area contributed by atoms with Crippen LogP contribution in [0.3, 0.4) is 0 Å². The monoisotopic (exact) mass is 364 g/mol. The summed E-state index contributed by atoms with van der Waals surface area (Å²) >= 11 is 0. The number of pyridine rings is 1. The van der Waals surface area contributed by atoms with Gasteiger partial charge in [-0.15, -0.1) is 0 Å². The van der Waals surface area contributed by atoms with Gasteiger partial charge < -0.3 is 10.1 Å². The molecule has 5 nitrogen and oxygen atoms in total. The molecule has 0 radical (unpaired) electrons. The zero-order chi connectivity index (χ0) is 19.1. The molecule has 0 aliphatic carbocycles. The highest BCUT2D eigenvalue weighted by molar-refractivity contribution is 5.94. The molecule has 27 heavy (non-hydrogen) atoms. The van der Waals surface area contributed by atoms with Crippen molar-refractivity contribution in [3.63, 3.8) is 0 Å². The Kier molecular flexibility index (Phi) is 5.89. The first kappa shape index (κ1) is 18.3. The molecule has 3 aromatic rings. The fraction of sp³-hybridized carbons (Fsp3) is 0.0952. The van der Waals surface area contributed by atoms with E-state index in [1.807, 2.05) is 30.3 Å². The maximum atomic E-state index is 12.9. The summed E-state index contributed by atoms with van der Waals surface area (Å²) < 4.78 is 18.1. The van der Waals surface area contributed by atoms with E-state index in [-0.39, 0.29) is 30.4 Å². The maximum absolute atomic E-state index is 12.9. The van der Waals surface area contributed by atoms with Gasteiger partial charge in [-0.1, -0.05) is 48.5 Å². The molecular weight excluding hydrogens is 347 g/mol. The van der Waals surface area contributed by atoms with Gasteiger partial charge >= 0.3 is 5.97 Å². The summed E-state index contributed by atoms with van der Waals surface area (Å²) in [5, 5.41) is 2.68. The Hall–Kier alpha value is -3.54. The average molecular weight is 364 g/mol. The number of nitrogens with zero attached hydrogens (tertiary/aromatic N) is 1. The van der Waals surface area contributed by atoms with Crippen LogP contribution in [0.5, 0.6) is 0 Å². The second kappa shape index (κ2) is 8.71. The van der Waals surface area contributed by atoms with Crippen molar-refractivity contribution in [2.45, 2.75) is 13.2 Å². The number of aromatic nitrogens is 1. The zero-order valence-electron chi connectivity index (χ0n) is 14.4. The van der Waals surface area contributed by atoms with Gasteiger partial charge in [0, 0.05) is 6.54 Å². The number of esters is 1. The first-order valence-electron chi connectivity index (χ1n) is 8.32. The van der Waals surface area contributed by atoms with E-state index in [4.69, 9.17) is 4.74 Å². The highest BCUT2D eigenvalue weighted by Gasteiger charge is 2.13. The Labute approximate surface area is 155 Å². The van der Waals surface area contributed by atoms with Crippen LogP contribution in [0.25, 0.3) is 0 Å². The van der Waals surface area contributed by atoms with Crippen LogP contribution in [0.15, 0.2) is 72.8 Å². The SMILES string of the molecule is O=C(NCc1ccc(F)cc1)c1cccc(C(=O)OCc2ccccc2)n1. The predicted molar refractivity (Wildman–Crippen MR) is 97.4 cm³/mol. The van der Waals surface area contributed by atoms with E-state index in [1.54, 1.807) is 18.2 Å². The normalized spacial score (nSPS) is 10.3. The van der Waals surface area contributed by atoms with E-state index in [1.165, 1.54) is 24.3 Å². The van der Waals surface area contributed by atoms with E-state index in [2.05, 4.69) is 10.3 Å². The molecule has 0 saturated heterocycles. The van der Waals surface area contributed by atoms with Crippen molar-refractivity contribution in [1.29, 1.82) is 0 Å². The summed E-state index contributed by atoms with van der Waals surface area (Å²) in [7, 11) is 0. The Balaban J connectivity index is 1.59. The molecule has 2 aromatic carbocycles. The van der Waals surface area contributed by atoms with Gasteiger partial charge in [-0.25, -0.2) is 14.2 Å². The number of carbonyl (C=O) groups excluding carboxylic acids is 2. The van der Waals surface area contributed by atoms with Crippen molar-refractivity contribution in [1.82, 2.24) is 10.3 Å². The topological polar surface area (TPSA) is 68.3 Å². The first-order chi connectivity index (χ1) is 13.1. The molecule has 1 aromatic heterocycles. The molecule has 0 fully saturated rings. The number of halogens is 1. The van der Waals surface area contributed by atoms with E-state index in [9.17, 15) is 14.0 Å². The summed E-state index contributed by atoms with van der Waals surface area (Å²) in [5.74, 6) is -1.38. The molecule has 0 atom stereocenters. The predicted octanol–water partition coefficient (Wildman–Crippen LogP) is 3.51. The number of ether oxygens (including phenoxy) is 1. The van der Waals surface area contributed by atoms with Gasteiger partial charge in [0.05, 0.1) is 0 Å². The number of rotatable bonds is 6. The molecule has 1 heterocycles. The summed E-state index contributed by atoms with van der Waals surface area (Å²) in [4.78, 5) is 28.5. The van der Waals surface area contributed by atoms with Gasteiger partial charge in [0.15, 0.2) is 0 Å². The molecule has 136 valence electrons. The van der Waals surface area contributed by atoms with Gasteiger partial charge in [-0.2, -0.15) is 0 Å². The van der Waals surface area contributed by atoms with E-state index in [0.717, 1.165) is 11.1 Å². The quantitative estimate of drug-likeness (QED) is 0.680. The lowest BCUT2D eigenvalue weighted by molar-refractivity contribution is 0.0465. The lowest BCUT2D eigenvalue weighted by Crippen LogP contribution is -2.24. The summed E-state index contributed by atoms with van der Waals surface area (Å²) in [6.45, 7) is 0.353. The van der Waals surface area contributed by atoms with Crippen LogP contribution in [-0.2, 0) is 17.9 Å². The average Bonchev–Trinajstić information content (AvgIpc) is 2.72. The smallest absolute Gasteiger partial charge is 0.357 e. The van der Waals surface area contributed by atoms with Crippen molar-refractivity contribution < 1.29 is 18.7 Å². The molecule has 0 spiro atoms. The molecule has 0 unspecified atom stereocenters. The van der Waals surface area contributed by atoms with Crippen molar-refractivity contribution in [3.8, 4) is 0 Å². The Morgan fingerprint density at radius 2 is 1.56 bits per heavy atom. The molecule has 1 amide bonds. The Morgan fingerprint density at radius 1 is 0.852 bits per heavy atom. The third-order valence-corrected chi connectivity index (χ3v) is 3.77. The lowest BCUT2D eigenvalue weighted by Gasteiger charge is -2.07. The van der Waals surface area contributed by atoms with Crippen LogP contribution < -0.4 is 5.32 Å². The summed E-state index contributed by atoms with van der Waals surface area (Å²) in [6.07, 6.45) is 0. The van der Waals surface area contributed by atoms with Crippen LogP contribution in [0, 0.1) is 5.82 Å². The molecule has 0 aliphatic heterocycles. The van der Waals surface area contributed by atoms with Gasteiger partial charge in [0.1, 0.15) is 23.8 Å². The molecule has 0 saturated carbocycles. The van der Waals surface area contributed by atoms with Crippen LogP contribution >= 0.6 is 0 Å². The van der Waals surface area contributed by atoms with Crippen LogP contribution in [0.2, 0.25) is 0 Å². The zero-order valence-corrected chi connectivity index (χ0v) is 14.4. The minimum atomic E-state index is -0.605.